The molecule has 0 atom stereocenters. The Morgan fingerprint density at radius 1 is 1.15 bits per heavy atom. The molecule has 0 spiro atoms. The molecule has 0 saturated heterocycles. The van der Waals surface area contributed by atoms with Crippen LogP contribution >= 0.6 is 0 Å². The van der Waals surface area contributed by atoms with Crippen molar-refractivity contribution in [3.05, 3.63) is 53.9 Å². The molecule has 1 amide bonds. The molecule has 0 radical (unpaired) electrons. The van der Waals surface area contributed by atoms with Crippen molar-refractivity contribution in [3.8, 4) is 11.5 Å². The van der Waals surface area contributed by atoms with Gasteiger partial charge >= 0.3 is 5.97 Å². The number of pyridine rings is 1. The van der Waals surface area contributed by atoms with E-state index in [1.54, 1.807) is 23.4 Å². The average molecular weight is 348 g/mol. The van der Waals surface area contributed by atoms with Crippen LogP contribution in [0.4, 0.5) is 11.4 Å². The van der Waals surface area contributed by atoms with Crippen molar-refractivity contribution >= 4 is 34.0 Å². The minimum absolute atomic E-state index is 0.172. The van der Waals surface area contributed by atoms with Gasteiger partial charge in [0.05, 0.1) is 18.5 Å². The maximum Gasteiger partial charge on any atom is 0.342 e. The second-order valence-electron chi connectivity index (χ2n) is 6.01. The Hall–Kier alpha value is -3.41. The van der Waals surface area contributed by atoms with E-state index in [2.05, 4.69) is 4.98 Å². The highest BCUT2D eigenvalue weighted by Gasteiger charge is 2.34. The lowest BCUT2D eigenvalue weighted by molar-refractivity contribution is -0.115. The van der Waals surface area contributed by atoms with Gasteiger partial charge in [-0.3, -0.25) is 14.7 Å². The molecule has 1 aliphatic heterocycles. The van der Waals surface area contributed by atoms with Crippen LogP contribution in [0.25, 0.3) is 10.8 Å². The standard InChI is InChI=1S/C20H16N2O4/c1-11-13-8-9-21-10-14(13)17(20(24)25-3)19-18(11)22(12(2)23)15-6-4-5-7-16(15)26-19/h4-10H,1-3H3. The van der Waals surface area contributed by atoms with Gasteiger partial charge in [0.25, 0.3) is 0 Å². The summed E-state index contributed by atoms with van der Waals surface area (Å²) in [7, 11) is 1.32. The summed E-state index contributed by atoms with van der Waals surface area (Å²) in [6, 6.07) is 9.04. The van der Waals surface area contributed by atoms with Crippen molar-refractivity contribution in [2.75, 3.05) is 12.0 Å². The molecule has 3 aromatic rings. The van der Waals surface area contributed by atoms with Crippen molar-refractivity contribution in [2.45, 2.75) is 13.8 Å². The third-order valence-corrected chi connectivity index (χ3v) is 4.54. The van der Waals surface area contributed by atoms with E-state index in [0.29, 0.717) is 28.3 Å². The first-order valence-electron chi connectivity index (χ1n) is 8.10. The maximum absolute atomic E-state index is 12.6. The Morgan fingerprint density at radius 3 is 2.65 bits per heavy atom. The average Bonchev–Trinajstić information content (AvgIpc) is 2.66. The van der Waals surface area contributed by atoms with Crippen molar-refractivity contribution in [2.24, 2.45) is 0 Å². The first kappa shape index (κ1) is 16.1. The molecule has 130 valence electrons. The SMILES string of the molecule is COC(=O)c1c2c(c(C)c3ccncc13)N(C(C)=O)c1ccccc1O2. The minimum atomic E-state index is -0.540. The molecule has 4 rings (SSSR count). The van der Waals surface area contributed by atoms with Crippen molar-refractivity contribution in [1.82, 2.24) is 4.98 Å². The van der Waals surface area contributed by atoms with Crippen LogP contribution in [0.5, 0.6) is 11.5 Å². The lowest BCUT2D eigenvalue weighted by Crippen LogP contribution is -2.28. The lowest BCUT2D eigenvalue weighted by atomic mass is 9.96. The first-order valence-corrected chi connectivity index (χ1v) is 8.10. The number of aromatic nitrogens is 1. The van der Waals surface area contributed by atoms with Crippen LogP contribution in [0.3, 0.4) is 0 Å². The van der Waals surface area contributed by atoms with Crippen molar-refractivity contribution in [3.63, 3.8) is 0 Å². The molecule has 2 aromatic carbocycles. The highest BCUT2D eigenvalue weighted by molar-refractivity contribution is 6.15. The molecule has 1 aromatic heterocycles. The van der Waals surface area contributed by atoms with Crippen LogP contribution in [0.2, 0.25) is 0 Å². The number of carbonyl (C=O) groups is 2. The van der Waals surface area contributed by atoms with Crippen LogP contribution in [-0.2, 0) is 9.53 Å². The van der Waals surface area contributed by atoms with Crippen LogP contribution in [0, 0.1) is 6.92 Å². The number of hydrogen-bond donors (Lipinski definition) is 0. The summed E-state index contributed by atoms with van der Waals surface area (Å²) in [6.07, 6.45) is 3.26. The number of ether oxygens (including phenoxy) is 2. The number of benzene rings is 2. The number of carbonyl (C=O) groups excluding carboxylic acids is 2. The summed E-state index contributed by atoms with van der Waals surface area (Å²) in [4.78, 5) is 30.8. The number of hydrogen-bond acceptors (Lipinski definition) is 5. The van der Waals surface area contributed by atoms with Gasteiger partial charge in [0.15, 0.2) is 11.5 Å². The third-order valence-electron chi connectivity index (χ3n) is 4.54. The molecule has 0 unspecified atom stereocenters. The third kappa shape index (κ3) is 2.15. The highest BCUT2D eigenvalue weighted by Crippen LogP contribution is 2.52. The number of esters is 1. The van der Waals surface area contributed by atoms with Crippen LogP contribution in [0.1, 0.15) is 22.8 Å². The molecule has 0 N–H and O–H groups in total. The number of fused-ring (bicyclic) bond motifs is 3. The smallest absolute Gasteiger partial charge is 0.342 e. The van der Waals surface area contributed by atoms with E-state index in [1.165, 1.54) is 14.0 Å². The predicted molar refractivity (Wildman–Crippen MR) is 97.2 cm³/mol. The summed E-state index contributed by atoms with van der Waals surface area (Å²) in [6.45, 7) is 3.38. The van der Waals surface area contributed by atoms with E-state index in [-0.39, 0.29) is 11.5 Å². The zero-order chi connectivity index (χ0) is 18.4. The second kappa shape index (κ2) is 5.84. The fourth-order valence-corrected chi connectivity index (χ4v) is 3.42. The monoisotopic (exact) mass is 348 g/mol. The lowest BCUT2D eigenvalue weighted by Gasteiger charge is -2.33. The molecule has 2 heterocycles. The molecule has 6 nitrogen and oxygen atoms in total. The molecule has 6 heteroatoms. The van der Waals surface area contributed by atoms with Crippen LogP contribution in [-0.4, -0.2) is 24.0 Å². The molecule has 0 saturated carbocycles. The van der Waals surface area contributed by atoms with E-state index in [4.69, 9.17) is 9.47 Å². The summed E-state index contributed by atoms with van der Waals surface area (Å²) in [5, 5.41) is 1.44. The van der Waals surface area contributed by atoms with E-state index in [0.717, 1.165) is 10.9 Å². The molecule has 1 aliphatic rings. The van der Waals surface area contributed by atoms with Crippen molar-refractivity contribution < 1.29 is 19.1 Å². The number of rotatable bonds is 1. The fourth-order valence-electron chi connectivity index (χ4n) is 3.42. The van der Waals surface area contributed by atoms with Gasteiger partial charge in [0.2, 0.25) is 5.91 Å². The Bertz CT molecular complexity index is 1070. The summed E-state index contributed by atoms with van der Waals surface area (Å²) < 4.78 is 11.1. The van der Waals surface area contributed by atoms with Gasteiger partial charge < -0.3 is 9.47 Å². The van der Waals surface area contributed by atoms with E-state index < -0.39 is 5.97 Å². The summed E-state index contributed by atoms with van der Waals surface area (Å²) in [5.74, 6) is 0.100. The zero-order valence-corrected chi connectivity index (χ0v) is 14.6. The zero-order valence-electron chi connectivity index (χ0n) is 14.6. The molecule has 0 aliphatic carbocycles. The maximum atomic E-state index is 12.6. The Morgan fingerprint density at radius 2 is 1.92 bits per heavy atom. The largest absolute Gasteiger partial charge is 0.465 e. The van der Waals surface area contributed by atoms with Gasteiger partial charge in [-0.05, 0) is 36.1 Å². The van der Waals surface area contributed by atoms with E-state index >= 15 is 0 Å². The fraction of sp³-hybridized carbons (Fsp3) is 0.150. The van der Waals surface area contributed by atoms with Crippen LogP contribution in [0.15, 0.2) is 42.7 Å². The second-order valence-corrected chi connectivity index (χ2v) is 6.01. The van der Waals surface area contributed by atoms with Crippen LogP contribution < -0.4 is 9.64 Å². The Kier molecular flexibility index (Phi) is 3.61. The number of anilines is 2. The molecular formula is C20H16N2O4. The van der Waals surface area contributed by atoms with Gasteiger partial charge in [-0.1, -0.05) is 12.1 Å². The first-order chi connectivity index (χ1) is 12.5. The van der Waals surface area contributed by atoms with Gasteiger partial charge in [-0.2, -0.15) is 0 Å². The number of para-hydroxylation sites is 2. The number of amides is 1. The van der Waals surface area contributed by atoms with Gasteiger partial charge in [-0.25, -0.2) is 4.79 Å². The predicted octanol–water partition coefficient (Wildman–Crippen LogP) is 4.12. The Labute approximate surface area is 150 Å². The topological polar surface area (TPSA) is 68.7 Å². The van der Waals surface area contributed by atoms with Crippen molar-refractivity contribution in [1.29, 1.82) is 0 Å². The molecule has 26 heavy (non-hydrogen) atoms. The van der Waals surface area contributed by atoms with E-state index in [1.807, 2.05) is 31.2 Å². The number of aryl methyl sites for hydroxylation is 1. The quantitative estimate of drug-likeness (QED) is 0.619. The summed E-state index contributed by atoms with van der Waals surface area (Å²) in [5.41, 5.74) is 2.28. The molecule has 0 bridgehead atoms. The molecule has 0 fully saturated rings. The molecular weight excluding hydrogens is 332 g/mol. The van der Waals surface area contributed by atoms with Gasteiger partial charge in [0.1, 0.15) is 5.56 Å². The highest BCUT2D eigenvalue weighted by atomic mass is 16.5. The number of nitrogens with zero attached hydrogens (tertiary/aromatic N) is 2. The van der Waals surface area contributed by atoms with Gasteiger partial charge in [0, 0.05) is 24.7 Å². The minimum Gasteiger partial charge on any atom is -0.465 e. The van der Waals surface area contributed by atoms with Gasteiger partial charge in [-0.15, -0.1) is 0 Å². The normalized spacial score (nSPS) is 12.2. The summed E-state index contributed by atoms with van der Waals surface area (Å²) >= 11 is 0. The Balaban J connectivity index is 2.16. The van der Waals surface area contributed by atoms with E-state index in [9.17, 15) is 9.59 Å². The number of methoxy groups -OCH3 is 1.